The average molecular weight is 558 g/mol. The Morgan fingerprint density at radius 1 is 0.548 bits per heavy atom. The van der Waals surface area contributed by atoms with E-state index in [0.717, 1.165) is 33.4 Å². The highest BCUT2D eigenvalue weighted by Gasteiger charge is 2.36. The van der Waals surface area contributed by atoms with Gasteiger partial charge in [-0.2, -0.15) is 0 Å². The molecule has 200 valence electrons. The van der Waals surface area contributed by atoms with Crippen LogP contribution in [0.25, 0.3) is 53.2 Å². The number of hydrogen-bond donors (Lipinski definition) is 0. The first-order chi connectivity index (χ1) is 20.6. The largest absolute Gasteiger partial charge is 0.455 e. The molecule has 9 rings (SSSR count). The van der Waals surface area contributed by atoms with E-state index >= 15 is 0 Å². The molecule has 0 aliphatic carbocycles. The van der Waals surface area contributed by atoms with E-state index in [-0.39, 0.29) is 5.41 Å². The van der Waals surface area contributed by atoms with Crippen LogP contribution in [0.4, 0.5) is 17.1 Å². The number of para-hydroxylation sites is 3. The molecule has 0 saturated heterocycles. The van der Waals surface area contributed by atoms with Crippen molar-refractivity contribution in [1.29, 1.82) is 0 Å². The van der Waals surface area contributed by atoms with E-state index in [1.54, 1.807) is 0 Å². The second-order valence-corrected chi connectivity index (χ2v) is 12.8. The number of furan rings is 1. The van der Waals surface area contributed by atoms with Crippen molar-refractivity contribution in [3.05, 3.63) is 139 Å². The van der Waals surface area contributed by atoms with E-state index in [1.807, 2.05) is 11.3 Å². The summed E-state index contributed by atoms with van der Waals surface area (Å²) in [6.45, 7) is 4.65. The molecule has 0 spiro atoms. The van der Waals surface area contributed by atoms with Crippen LogP contribution in [0.3, 0.4) is 0 Å². The molecule has 42 heavy (non-hydrogen) atoms. The number of thiophene rings is 1. The van der Waals surface area contributed by atoms with Crippen molar-refractivity contribution in [2.75, 3.05) is 4.90 Å². The van der Waals surface area contributed by atoms with Gasteiger partial charge in [0, 0.05) is 47.6 Å². The van der Waals surface area contributed by atoms with Crippen molar-refractivity contribution in [2.45, 2.75) is 19.3 Å². The van der Waals surface area contributed by atoms with Crippen LogP contribution in [-0.2, 0) is 5.41 Å². The van der Waals surface area contributed by atoms with Gasteiger partial charge in [0.1, 0.15) is 11.2 Å². The minimum Gasteiger partial charge on any atom is -0.455 e. The van der Waals surface area contributed by atoms with Crippen LogP contribution < -0.4 is 4.90 Å². The summed E-state index contributed by atoms with van der Waals surface area (Å²) in [5.74, 6) is 0. The molecule has 0 N–H and O–H groups in total. The molecule has 2 nitrogen and oxygen atoms in total. The molecule has 2 aromatic heterocycles. The summed E-state index contributed by atoms with van der Waals surface area (Å²) in [5, 5.41) is 4.81. The molecular formula is C39H27NOS. The maximum atomic E-state index is 6.78. The molecule has 0 saturated carbocycles. The molecule has 3 heterocycles. The molecule has 6 aromatic carbocycles. The molecule has 1 aliphatic rings. The molecule has 8 aromatic rings. The Hall–Kier alpha value is -4.86. The van der Waals surface area contributed by atoms with Gasteiger partial charge in [-0.15, -0.1) is 11.3 Å². The lowest BCUT2D eigenvalue weighted by Crippen LogP contribution is -2.30. The Bertz CT molecular complexity index is 2290. The van der Waals surface area contributed by atoms with Gasteiger partial charge < -0.3 is 9.32 Å². The van der Waals surface area contributed by atoms with Crippen LogP contribution in [0.15, 0.2) is 132 Å². The van der Waals surface area contributed by atoms with Crippen LogP contribution in [0.5, 0.6) is 0 Å². The maximum Gasteiger partial charge on any atom is 0.144 e. The highest BCUT2D eigenvalue weighted by molar-refractivity contribution is 7.26. The number of anilines is 3. The third-order valence-electron chi connectivity index (χ3n) is 9.08. The SMILES string of the molecule is CC1(C)c2ccccc2N(c2ccc(-c3cccc4c3oc3c4ccc4sc5ccccc5c43)cc2)c2ccccc21. The summed E-state index contributed by atoms with van der Waals surface area (Å²) in [6, 6.07) is 46.1. The van der Waals surface area contributed by atoms with Gasteiger partial charge in [0.05, 0.1) is 11.4 Å². The molecule has 1 aliphatic heterocycles. The number of rotatable bonds is 2. The van der Waals surface area contributed by atoms with E-state index in [2.05, 4.69) is 146 Å². The molecule has 0 fully saturated rings. The van der Waals surface area contributed by atoms with Crippen LogP contribution in [0.1, 0.15) is 25.0 Å². The van der Waals surface area contributed by atoms with Gasteiger partial charge in [-0.05, 0) is 59.2 Å². The third-order valence-corrected chi connectivity index (χ3v) is 10.2. The summed E-state index contributed by atoms with van der Waals surface area (Å²) in [6.07, 6.45) is 0. The molecule has 0 amide bonds. The quantitative estimate of drug-likeness (QED) is 0.210. The highest BCUT2D eigenvalue weighted by Crippen LogP contribution is 2.52. The summed E-state index contributed by atoms with van der Waals surface area (Å²) < 4.78 is 9.33. The lowest BCUT2D eigenvalue weighted by Gasteiger charge is -2.42. The first-order valence-electron chi connectivity index (χ1n) is 14.4. The van der Waals surface area contributed by atoms with Gasteiger partial charge in [-0.1, -0.05) is 98.8 Å². The number of fused-ring (bicyclic) bond motifs is 9. The van der Waals surface area contributed by atoms with E-state index in [0.29, 0.717) is 0 Å². The molecular weight excluding hydrogens is 531 g/mol. The monoisotopic (exact) mass is 557 g/mol. The molecule has 0 bridgehead atoms. The predicted octanol–water partition coefficient (Wildman–Crippen LogP) is 11.7. The van der Waals surface area contributed by atoms with Crippen LogP contribution in [0, 0.1) is 0 Å². The Labute approximate surface area is 248 Å². The van der Waals surface area contributed by atoms with Crippen molar-refractivity contribution in [3.63, 3.8) is 0 Å². The van der Waals surface area contributed by atoms with Crippen LogP contribution in [0.2, 0.25) is 0 Å². The Kier molecular flexibility index (Phi) is 4.86. The fraction of sp³-hybridized carbons (Fsp3) is 0.0769. The maximum absolute atomic E-state index is 6.78. The Balaban J connectivity index is 1.21. The third kappa shape index (κ3) is 3.20. The fourth-order valence-electron chi connectivity index (χ4n) is 7.03. The van der Waals surface area contributed by atoms with E-state index in [1.165, 1.54) is 48.1 Å². The van der Waals surface area contributed by atoms with Crippen molar-refractivity contribution >= 4 is 70.5 Å². The van der Waals surface area contributed by atoms with Gasteiger partial charge in [-0.3, -0.25) is 0 Å². The van der Waals surface area contributed by atoms with Gasteiger partial charge >= 0.3 is 0 Å². The van der Waals surface area contributed by atoms with Gasteiger partial charge in [0.2, 0.25) is 0 Å². The topological polar surface area (TPSA) is 16.4 Å². The van der Waals surface area contributed by atoms with Crippen LogP contribution in [-0.4, -0.2) is 0 Å². The zero-order valence-corrected chi connectivity index (χ0v) is 24.2. The van der Waals surface area contributed by atoms with Crippen molar-refractivity contribution in [2.24, 2.45) is 0 Å². The normalized spacial score (nSPS) is 14.1. The molecule has 0 unspecified atom stereocenters. The zero-order chi connectivity index (χ0) is 28.0. The molecule has 0 atom stereocenters. The first-order valence-corrected chi connectivity index (χ1v) is 15.3. The lowest BCUT2D eigenvalue weighted by molar-refractivity contribution is 0.632. The highest BCUT2D eigenvalue weighted by atomic mass is 32.1. The summed E-state index contributed by atoms with van der Waals surface area (Å²) >= 11 is 1.83. The second-order valence-electron chi connectivity index (χ2n) is 11.7. The van der Waals surface area contributed by atoms with Gasteiger partial charge in [0.15, 0.2) is 0 Å². The standard InChI is InChI=1S/C39H27NOS/c1-39(2)30-13-4-6-15-32(30)40(33-16-7-5-14-31(33)39)25-20-18-24(19-21-25)26-11-9-12-27-28-22-23-35-36(38(28)41-37(26)27)29-10-3-8-17-34(29)42-35/h3-23H,1-2H3. The molecule has 3 heteroatoms. The van der Waals surface area contributed by atoms with Gasteiger partial charge in [0.25, 0.3) is 0 Å². The zero-order valence-electron chi connectivity index (χ0n) is 23.4. The van der Waals surface area contributed by atoms with E-state index < -0.39 is 0 Å². The van der Waals surface area contributed by atoms with E-state index in [9.17, 15) is 0 Å². The second kappa shape index (κ2) is 8.58. The van der Waals surface area contributed by atoms with Crippen molar-refractivity contribution in [3.8, 4) is 11.1 Å². The smallest absolute Gasteiger partial charge is 0.144 e. The fourth-order valence-corrected chi connectivity index (χ4v) is 8.13. The lowest BCUT2D eigenvalue weighted by atomic mass is 9.73. The number of nitrogens with zero attached hydrogens (tertiary/aromatic N) is 1. The summed E-state index contributed by atoms with van der Waals surface area (Å²) in [5.41, 5.74) is 10.4. The predicted molar refractivity (Wildman–Crippen MR) is 179 cm³/mol. The average Bonchev–Trinajstić information content (AvgIpc) is 3.60. The van der Waals surface area contributed by atoms with Gasteiger partial charge in [-0.25, -0.2) is 0 Å². The number of benzene rings is 6. The Morgan fingerprint density at radius 2 is 1.19 bits per heavy atom. The summed E-state index contributed by atoms with van der Waals surface area (Å²) in [7, 11) is 0. The first kappa shape index (κ1) is 23.8. The van der Waals surface area contributed by atoms with E-state index in [4.69, 9.17) is 4.42 Å². The minimum absolute atomic E-state index is 0.0697. The molecule has 0 radical (unpaired) electrons. The summed E-state index contributed by atoms with van der Waals surface area (Å²) in [4.78, 5) is 2.40. The number of hydrogen-bond acceptors (Lipinski definition) is 3. The minimum atomic E-state index is -0.0697. The van der Waals surface area contributed by atoms with Crippen molar-refractivity contribution < 1.29 is 4.42 Å². The van der Waals surface area contributed by atoms with Crippen molar-refractivity contribution in [1.82, 2.24) is 0 Å². The Morgan fingerprint density at radius 3 is 1.95 bits per heavy atom. The van der Waals surface area contributed by atoms with Crippen LogP contribution >= 0.6 is 11.3 Å².